The zero-order chi connectivity index (χ0) is 14.6. The van der Waals surface area contributed by atoms with Crippen molar-refractivity contribution in [2.24, 2.45) is 5.92 Å². The summed E-state index contributed by atoms with van der Waals surface area (Å²) in [4.78, 5) is 0. The highest BCUT2D eigenvalue weighted by Crippen LogP contribution is 2.31. The molecule has 0 aliphatic carbocycles. The van der Waals surface area contributed by atoms with Crippen LogP contribution in [-0.4, -0.2) is 24.4 Å². The van der Waals surface area contributed by atoms with Crippen LogP contribution in [0.15, 0.2) is 22.7 Å². The van der Waals surface area contributed by atoms with Crippen LogP contribution in [0.3, 0.4) is 0 Å². The predicted octanol–water partition coefficient (Wildman–Crippen LogP) is 4.19. The van der Waals surface area contributed by atoms with Gasteiger partial charge in [0.25, 0.3) is 0 Å². The molecule has 0 aromatic heterocycles. The van der Waals surface area contributed by atoms with Gasteiger partial charge in [-0.15, -0.1) is 13.2 Å². The van der Waals surface area contributed by atoms with Gasteiger partial charge in [0.1, 0.15) is 5.75 Å². The monoisotopic (exact) mass is 369 g/mol. The molecule has 0 bridgehead atoms. The Bertz CT molecular complexity index is 450. The van der Waals surface area contributed by atoms with Gasteiger partial charge in [0.15, 0.2) is 0 Å². The molecule has 0 radical (unpaired) electrons. The minimum absolute atomic E-state index is 0.214. The molecule has 20 heavy (non-hydrogen) atoms. The fourth-order valence-electron chi connectivity index (χ4n) is 2.03. The second kappa shape index (κ2) is 7.04. The van der Waals surface area contributed by atoms with E-state index >= 15 is 0 Å². The average molecular weight is 370 g/mol. The topological polar surface area (TPSA) is 21.3 Å². The second-order valence-electron chi connectivity index (χ2n) is 4.67. The van der Waals surface area contributed by atoms with E-state index in [0.29, 0.717) is 16.9 Å². The van der Waals surface area contributed by atoms with Crippen molar-refractivity contribution in [2.45, 2.75) is 19.3 Å². The zero-order valence-corrected chi connectivity index (χ0v) is 13.1. The van der Waals surface area contributed by atoms with Crippen molar-refractivity contribution in [1.82, 2.24) is 5.32 Å². The summed E-state index contributed by atoms with van der Waals surface area (Å²) in [7, 11) is 0. The van der Waals surface area contributed by atoms with Crippen LogP contribution < -0.4 is 10.1 Å². The normalized spacial score (nSPS) is 19.3. The van der Waals surface area contributed by atoms with E-state index in [0.717, 1.165) is 12.1 Å². The van der Waals surface area contributed by atoms with Crippen molar-refractivity contribution in [3.63, 3.8) is 0 Å². The van der Waals surface area contributed by atoms with E-state index in [1.54, 1.807) is 12.1 Å². The van der Waals surface area contributed by atoms with Crippen LogP contribution in [0, 0.1) is 5.92 Å². The lowest BCUT2D eigenvalue weighted by Crippen LogP contribution is -2.22. The van der Waals surface area contributed by atoms with Gasteiger partial charge in [-0.3, -0.25) is 0 Å². The molecule has 1 N–H and O–H groups in total. The lowest BCUT2D eigenvalue weighted by atomic mass is 10.1. The summed E-state index contributed by atoms with van der Waals surface area (Å²) in [5.74, 6) is 2.90. The molecule has 1 aromatic rings. The summed E-state index contributed by atoms with van der Waals surface area (Å²) in [6, 6.07) is 4.62. The Morgan fingerprint density at radius 2 is 2.20 bits per heavy atom. The van der Waals surface area contributed by atoms with Crippen LogP contribution in [0.2, 0.25) is 0 Å². The molecule has 1 atom stereocenters. The fraction of sp³-hybridized carbons (Fsp3) is 0.538. The van der Waals surface area contributed by atoms with Gasteiger partial charge < -0.3 is 10.1 Å². The maximum absolute atomic E-state index is 12.1. The first-order valence-corrected chi connectivity index (χ1v) is 8.21. The molecule has 0 amide bonds. The Morgan fingerprint density at radius 3 is 2.80 bits per heavy atom. The van der Waals surface area contributed by atoms with E-state index in [1.165, 1.54) is 24.0 Å². The van der Waals surface area contributed by atoms with E-state index in [-0.39, 0.29) is 5.75 Å². The van der Waals surface area contributed by atoms with Crippen LogP contribution in [0.1, 0.15) is 12.0 Å². The Morgan fingerprint density at radius 1 is 1.40 bits per heavy atom. The third-order valence-electron chi connectivity index (χ3n) is 3.01. The summed E-state index contributed by atoms with van der Waals surface area (Å²) in [5.41, 5.74) is 0.928. The molecule has 2 nitrogen and oxygen atoms in total. The number of rotatable bonds is 5. The number of alkyl halides is 3. The molecule has 112 valence electrons. The average Bonchev–Trinajstić information content (AvgIpc) is 2.84. The highest BCUT2D eigenvalue weighted by Gasteiger charge is 2.31. The van der Waals surface area contributed by atoms with E-state index < -0.39 is 6.36 Å². The van der Waals surface area contributed by atoms with Crippen molar-refractivity contribution in [3.8, 4) is 5.75 Å². The van der Waals surface area contributed by atoms with Crippen molar-refractivity contribution >= 4 is 27.7 Å². The molecule has 1 heterocycles. The third-order valence-corrected chi connectivity index (χ3v) is 4.86. The molecule has 1 aliphatic rings. The van der Waals surface area contributed by atoms with Gasteiger partial charge in [0.2, 0.25) is 0 Å². The van der Waals surface area contributed by atoms with Crippen LogP contribution in [-0.2, 0) is 6.54 Å². The van der Waals surface area contributed by atoms with Crippen molar-refractivity contribution in [3.05, 3.63) is 28.2 Å². The number of hydrogen-bond acceptors (Lipinski definition) is 3. The zero-order valence-electron chi connectivity index (χ0n) is 10.7. The smallest absolute Gasteiger partial charge is 0.405 e. The fourth-order valence-corrected chi connectivity index (χ4v) is 3.82. The van der Waals surface area contributed by atoms with Gasteiger partial charge in [-0.25, -0.2) is 0 Å². The van der Waals surface area contributed by atoms with Crippen molar-refractivity contribution < 1.29 is 17.9 Å². The van der Waals surface area contributed by atoms with Crippen molar-refractivity contribution in [2.75, 3.05) is 18.1 Å². The molecular formula is C13H15BrF3NOS. The summed E-state index contributed by atoms with van der Waals surface area (Å²) in [6.07, 6.45) is -3.43. The van der Waals surface area contributed by atoms with Crippen LogP contribution >= 0.6 is 27.7 Å². The Balaban J connectivity index is 1.85. The summed E-state index contributed by atoms with van der Waals surface area (Å²) < 4.78 is 40.6. The maximum atomic E-state index is 12.1. The molecule has 1 aromatic carbocycles. The van der Waals surface area contributed by atoms with E-state index in [1.807, 2.05) is 11.8 Å². The third kappa shape index (κ3) is 5.18. The standard InChI is InChI=1S/C13H15BrF3NOS/c14-11-5-9(1-2-12(11)19-13(15,16)17)6-18-7-10-3-4-20-8-10/h1-2,5,10,18H,3-4,6-8H2. The van der Waals surface area contributed by atoms with Gasteiger partial charge in [-0.2, -0.15) is 11.8 Å². The first-order chi connectivity index (χ1) is 9.44. The minimum atomic E-state index is -4.66. The molecule has 1 unspecified atom stereocenters. The minimum Gasteiger partial charge on any atom is -0.405 e. The number of nitrogens with one attached hydrogen (secondary N) is 1. The Kier molecular flexibility index (Phi) is 5.63. The SMILES string of the molecule is FC(F)(F)Oc1ccc(CNCC2CCSC2)cc1Br. The van der Waals surface area contributed by atoms with Crippen LogP contribution in [0.4, 0.5) is 13.2 Å². The summed E-state index contributed by atoms with van der Waals surface area (Å²) >= 11 is 5.07. The predicted molar refractivity (Wildman–Crippen MR) is 78.0 cm³/mol. The molecule has 2 rings (SSSR count). The highest BCUT2D eigenvalue weighted by molar-refractivity contribution is 9.10. The molecule has 0 spiro atoms. The van der Waals surface area contributed by atoms with Crippen LogP contribution in [0.5, 0.6) is 5.75 Å². The molecular weight excluding hydrogens is 355 g/mol. The summed E-state index contributed by atoms with van der Waals surface area (Å²) in [6.45, 7) is 1.59. The van der Waals surface area contributed by atoms with Gasteiger partial charge in [0.05, 0.1) is 4.47 Å². The Labute approximate surface area is 128 Å². The Hall–Kier alpha value is -0.400. The molecule has 1 saturated heterocycles. The van der Waals surface area contributed by atoms with Gasteiger partial charge >= 0.3 is 6.36 Å². The maximum Gasteiger partial charge on any atom is 0.573 e. The lowest BCUT2D eigenvalue weighted by molar-refractivity contribution is -0.274. The van der Waals surface area contributed by atoms with Gasteiger partial charge in [0, 0.05) is 6.54 Å². The number of hydrogen-bond donors (Lipinski definition) is 1. The van der Waals surface area contributed by atoms with Crippen molar-refractivity contribution in [1.29, 1.82) is 0 Å². The lowest BCUT2D eigenvalue weighted by Gasteiger charge is -2.13. The first-order valence-electron chi connectivity index (χ1n) is 6.26. The molecule has 7 heteroatoms. The molecule has 1 aliphatic heterocycles. The molecule has 1 fully saturated rings. The number of benzene rings is 1. The van der Waals surface area contributed by atoms with Gasteiger partial charge in [-0.05, 0) is 64.0 Å². The van der Waals surface area contributed by atoms with E-state index in [9.17, 15) is 13.2 Å². The molecule has 0 saturated carbocycles. The quantitative estimate of drug-likeness (QED) is 0.840. The number of ether oxygens (including phenoxy) is 1. The van der Waals surface area contributed by atoms with Gasteiger partial charge in [-0.1, -0.05) is 6.07 Å². The largest absolute Gasteiger partial charge is 0.573 e. The number of thioether (sulfide) groups is 1. The van der Waals surface area contributed by atoms with E-state index in [4.69, 9.17) is 0 Å². The van der Waals surface area contributed by atoms with E-state index in [2.05, 4.69) is 26.0 Å². The first kappa shape index (κ1) is 16.0. The number of halogens is 4. The van der Waals surface area contributed by atoms with Crippen LogP contribution in [0.25, 0.3) is 0 Å². The second-order valence-corrected chi connectivity index (χ2v) is 6.68. The highest BCUT2D eigenvalue weighted by atomic mass is 79.9. The summed E-state index contributed by atoms with van der Waals surface area (Å²) in [5, 5.41) is 3.34.